The minimum absolute atomic E-state index is 0.0532. The number of nitrogens with zero attached hydrogens (tertiary/aromatic N) is 3. The summed E-state index contributed by atoms with van der Waals surface area (Å²) in [6.45, 7) is 1.41. The molecule has 1 aliphatic heterocycles. The third-order valence-electron chi connectivity index (χ3n) is 4.35. The van der Waals surface area contributed by atoms with Crippen molar-refractivity contribution < 1.29 is 22.0 Å². The first kappa shape index (κ1) is 18.8. The third kappa shape index (κ3) is 4.01. The number of rotatable bonds is 6. The average Bonchev–Trinajstić information content (AvgIpc) is 3.48. The Labute approximate surface area is 165 Å². The highest BCUT2D eigenvalue weighted by Crippen LogP contribution is 2.28. The molecule has 28 heavy (non-hydrogen) atoms. The second-order valence-electron chi connectivity index (χ2n) is 6.32. The summed E-state index contributed by atoms with van der Waals surface area (Å²) < 4.78 is 38.0. The van der Waals surface area contributed by atoms with Gasteiger partial charge in [0.15, 0.2) is 0 Å². The van der Waals surface area contributed by atoms with Crippen LogP contribution in [0.4, 0.5) is 0 Å². The summed E-state index contributed by atoms with van der Waals surface area (Å²) in [6.07, 6.45) is 4.51. The minimum atomic E-state index is -3.71. The molecule has 0 aromatic carbocycles. The molecular formula is C17H18N4O5S2. The Kier molecular flexibility index (Phi) is 5.29. The molecule has 3 aromatic heterocycles. The van der Waals surface area contributed by atoms with Gasteiger partial charge in [-0.2, -0.15) is 0 Å². The molecule has 0 saturated carbocycles. The zero-order valence-electron chi connectivity index (χ0n) is 14.8. The van der Waals surface area contributed by atoms with E-state index in [1.54, 1.807) is 22.4 Å². The monoisotopic (exact) mass is 422 g/mol. The van der Waals surface area contributed by atoms with Crippen LogP contribution < -0.4 is 4.72 Å². The maximum absolute atomic E-state index is 12.4. The number of nitrogens with one attached hydrogen (secondary N) is 1. The van der Waals surface area contributed by atoms with Crippen molar-refractivity contribution in [2.24, 2.45) is 0 Å². The minimum Gasteiger partial charge on any atom is -0.468 e. The highest BCUT2D eigenvalue weighted by Gasteiger charge is 2.25. The van der Waals surface area contributed by atoms with Crippen molar-refractivity contribution in [3.63, 3.8) is 0 Å². The lowest BCUT2D eigenvalue weighted by molar-refractivity contribution is 0.0684. The van der Waals surface area contributed by atoms with E-state index in [4.69, 9.17) is 8.83 Å². The van der Waals surface area contributed by atoms with E-state index in [1.165, 1.54) is 12.3 Å². The van der Waals surface area contributed by atoms with Crippen molar-refractivity contribution >= 4 is 27.3 Å². The van der Waals surface area contributed by atoms with Crippen LogP contribution in [-0.2, 0) is 16.6 Å². The summed E-state index contributed by atoms with van der Waals surface area (Å²) in [6, 6.07) is 4.81. The Morgan fingerprint density at radius 2 is 2.07 bits per heavy atom. The van der Waals surface area contributed by atoms with Gasteiger partial charge in [0.05, 0.1) is 18.4 Å². The van der Waals surface area contributed by atoms with Gasteiger partial charge in [0.25, 0.3) is 0 Å². The van der Waals surface area contributed by atoms with Gasteiger partial charge in [0.2, 0.25) is 15.9 Å². The normalized spacial score (nSPS) is 15.1. The zero-order chi connectivity index (χ0) is 19.6. The first-order chi connectivity index (χ1) is 13.5. The van der Waals surface area contributed by atoms with E-state index in [1.807, 2.05) is 0 Å². The van der Waals surface area contributed by atoms with Gasteiger partial charge < -0.3 is 13.7 Å². The summed E-state index contributed by atoms with van der Waals surface area (Å²) in [5.74, 6) is 0.257. The van der Waals surface area contributed by atoms with Crippen molar-refractivity contribution in [3.8, 4) is 11.5 Å². The maximum atomic E-state index is 12.4. The number of hydrogen-bond donors (Lipinski definition) is 1. The predicted octanol–water partition coefficient (Wildman–Crippen LogP) is 2.50. The van der Waals surface area contributed by atoms with Crippen LogP contribution in [0.2, 0.25) is 0 Å². The van der Waals surface area contributed by atoms with Crippen molar-refractivity contribution in [2.45, 2.75) is 30.0 Å². The van der Waals surface area contributed by atoms with Gasteiger partial charge in [-0.3, -0.25) is 4.79 Å². The molecule has 1 fully saturated rings. The van der Waals surface area contributed by atoms with Crippen LogP contribution in [0.15, 0.2) is 42.9 Å². The van der Waals surface area contributed by atoms with Gasteiger partial charge in [-0.05, 0) is 37.5 Å². The van der Waals surface area contributed by atoms with E-state index >= 15 is 0 Å². The molecule has 0 radical (unpaired) electrons. The van der Waals surface area contributed by atoms with E-state index in [9.17, 15) is 13.2 Å². The zero-order valence-corrected chi connectivity index (χ0v) is 16.5. The van der Waals surface area contributed by atoms with Gasteiger partial charge in [0, 0.05) is 18.5 Å². The largest absolute Gasteiger partial charge is 0.468 e. The fourth-order valence-electron chi connectivity index (χ4n) is 2.88. The Bertz CT molecular complexity index is 1050. The Morgan fingerprint density at radius 1 is 1.25 bits per heavy atom. The fraction of sp³-hybridized carbons (Fsp3) is 0.353. The van der Waals surface area contributed by atoms with Gasteiger partial charge in [-0.15, -0.1) is 21.5 Å². The number of carbonyl (C=O) groups is 1. The molecule has 0 aliphatic carbocycles. The molecule has 0 atom stereocenters. The van der Waals surface area contributed by atoms with Gasteiger partial charge in [-0.25, -0.2) is 13.1 Å². The van der Waals surface area contributed by atoms with Crippen molar-refractivity contribution in [1.29, 1.82) is 0 Å². The lowest BCUT2D eigenvalue weighted by Gasteiger charge is -2.24. The summed E-state index contributed by atoms with van der Waals surface area (Å²) in [5, 5.41) is 9.33. The predicted molar refractivity (Wildman–Crippen MR) is 100 cm³/mol. The average molecular weight is 422 g/mol. The summed E-state index contributed by atoms with van der Waals surface area (Å²) in [7, 11) is -3.71. The van der Waals surface area contributed by atoms with E-state index < -0.39 is 10.0 Å². The number of aromatic nitrogens is 2. The van der Waals surface area contributed by atoms with Crippen LogP contribution in [0.1, 0.15) is 35.7 Å². The lowest BCUT2D eigenvalue weighted by atomic mass is 10.1. The first-order valence-electron chi connectivity index (χ1n) is 8.77. The van der Waals surface area contributed by atoms with Crippen LogP contribution in [-0.4, -0.2) is 42.5 Å². The number of sulfonamides is 1. The highest BCUT2D eigenvalue weighted by molar-refractivity contribution is 7.91. The lowest BCUT2D eigenvalue weighted by Crippen LogP contribution is -2.35. The molecule has 3 aromatic rings. The van der Waals surface area contributed by atoms with Crippen molar-refractivity contribution in [1.82, 2.24) is 19.8 Å². The first-order valence-corrected chi connectivity index (χ1v) is 11.1. The van der Waals surface area contributed by atoms with Crippen molar-refractivity contribution in [2.75, 3.05) is 13.1 Å². The van der Waals surface area contributed by atoms with Gasteiger partial charge in [-0.1, -0.05) is 0 Å². The molecule has 1 N–H and O–H groups in total. The van der Waals surface area contributed by atoms with Crippen LogP contribution in [0, 0.1) is 0 Å². The number of thiophene rings is 1. The Hall–Kier alpha value is -2.50. The molecule has 1 aliphatic rings. The number of furan rings is 1. The standard InChI is InChI=1S/C17H18N4O5S2/c22-17(21-6-2-1-3-7-21)16-20-19-15(26-16)12-9-14(27-11-12)28(23,24)18-10-13-5-4-8-25-13/h4-5,8-9,11,18H,1-3,6-7,10H2. The Morgan fingerprint density at radius 3 is 2.82 bits per heavy atom. The fourth-order valence-corrected chi connectivity index (χ4v) is 5.07. The Balaban J connectivity index is 1.47. The molecule has 0 spiro atoms. The third-order valence-corrected chi connectivity index (χ3v) is 7.20. The molecule has 9 nitrogen and oxygen atoms in total. The second kappa shape index (κ2) is 7.86. The smallest absolute Gasteiger partial charge is 0.311 e. The number of carbonyl (C=O) groups excluding carboxylic acids is 1. The van der Waals surface area contributed by atoms with Crippen LogP contribution in [0.5, 0.6) is 0 Å². The molecule has 148 valence electrons. The molecule has 4 rings (SSSR count). The van der Waals surface area contributed by atoms with Gasteiger partial charge >= 0.3 is 11.8 Å². The van der Waals surface area contributed by atoms with E-state index in [-0.39, 0.29) is 28.4 Å². The summed E-state index contributed by atoms with van der Waals surface area (Å²) in [5.41, 5.74) is 0.452. The molecule has 4 heterocycles. The van der Waals surface area contributed by atoms with E-state index in [0.717, 1.165) is 30.6 Å². The van der Waals surface area contributed by atoms with E-state index in [0.29, 0.717) is 24.4 Å². The summed E-state index contributed by atoms with van der Waals surface area (Å²) in [4.78, 5) is 14.1. The molecular weight excluding hydrogens is 404 g/mol. The second-order valence-corrected chi connectivity index (χ2v) is 9.23. The van der Waals surface area contributed by atoms with Gasteiger partial charge in [0.1, 0.15) is 9.97 Å². The summed E-state index contributed by atoms with van der Waals surface area (Å²) >= 11 is 1.03. The number of amides is 1. The number of hydrogen-bond acceptors (Lipinski definition) is 8. The molecule has 11 heteroatoms. The topological polar surface area (TPSA) is 119 Å². The van der Waals surface area contributed by atoms with Crippen LogP contribution >= 0.6 is 11.3 Å². The number of likely N-dealkylation sites (tertiary alicyclic amines) is 1. The van der Waals surface area contributed by atoms with Crippen LogP contribution in [0.3, 0.4) is 0 Å². The highest BCUT2D eigenvalue weighted by atomic mass is 32.2. The SMILES string of the molecule is O=C(c1nnc(-c2csc(S(=O)(=O)NCc3ccco3)c2)o1)N1CCCCC1. The maximum Gasteiger partial charge on any atom is 0.311 e. The molecule has 1 amide bonds. The van der Waals surface area contributed by atoms with Crippen molar-refractivity contribution in [3.05, 3.63) is 41.5 Å². The molecule has 0 bridgehead atoms. The quantitative estimate of drug-likeness (QED) is 0.648. The number of piperidine rings is 1. The molecule has 0 unspecified atom stereocenters. The molecule has 1 saturated heterocycles. The van der Waals surface area contributed by atoms with E-state index in [2.05, 4.69) is 14.9 Å². The van der Waals surface area contributed by atoms with Crippen LogP contribution in [0.25, 0.3) is 11.5 Å².